The van der Waals surface area contributed by atoms with Crippen LogP contribution in [0.15, 0.2) is 0 Å². The van der Waals surface area contributed by atoms with Gasteiger partial charge >= 0.3 is 5.97 Å². The lowest BCUT2D eigenvalue weighted by Crippen LogP contribution is -2.17. The molecule has 2 N–H and O–H groups in total. The van der Waals surface area contributed by atoms with E-state index in [0.29, 0.717) is 0 Å². The molecular formula is C6H12O3S. The number of hydrogen-bond donors (Lipinski definition) is 2. The van der Waals surface area contributed by atoms with Crippen LogP contribution in [-0.4, -0.2) is 33.3 Å². The van der Waals surface area contributed by atoms with Crippen LogP contribution in [0, 0.1) is 0 Å². The van der Waals surface area contributed by atoms with Gasteiger partial charge in [0, 0.05) is 5.25 Å². The Kier molecular flexibility index (Phi) is 4.47. The molecule has 0 rings (SSSR count). The predicted octanol–water partition coefficient (Wildman–Crippen LogP) is 0.574. The van der Waals surface area contributed by atoms with Crippen molar-refractivity contribution in [3.63, 3.8) is 0 Å². The molecule has 0 aliphatic carbocycles. The van der Waals surface area contributed by atoms with Crippen LogP contribution < -0.4 is 0 Å². The van der Waals surface area contributed by atoms with E-state index in [4.69, 9.17) is 10.2 Å². The molecule has 0 bridgehead atoms. The van der Waals surface area contributed by atoms with Gasteiger partial charge in [0.25, 0.3) is 0 Å². The molecule has 3 nitrogen and oxygen atoms in total. The van der Waals surface area contributed by atoms with Crippen LogP contribution >= 0.6 is 11.8 Å². The first kappa shape index (κ1) is 9.78. The van der Waals surface area contributed by atoms with Crippen LogP contribution in [0.25, 0.3) is 0 Å². The average molecular weight is 164 g/mol. The molecule has 0 saturated heterocycles. The highest BCUT2D eigenvalue weighted by molar-refractivity contribution is 8.00. The van der Waals surface area contributed by atoms with E-state index in [1.54, 1.807) is 13.8 Å². The summed E-state index contributed by atoms with van der Waals surface area (Å²) in [5.41, 5.74) is 0. The molecule has 0 aromatic carbocycles. The molecular weight excluding hydrogens is 152 g/mol. The molecule has 0 spiro atoms. The molecule has 2 atom stereocenters. The molecule has 0 saturated carbocycles. The van der Waals surface area contributed by atoms with E-state index >= 15 is 0 Å². The number of aliphatic hydroxyl groups excluding tert-OH is 1. The molecule has 0 radical (unpaired) electrons. The van der Waals surface area contributed by atoms with Gasteiger partial charge in [-0.2, -0.15) is 0 Å². The summed E-state index contributed by atoms with van der Waals surface area (Å²) in [6, 6.07) is 0. The lowest BCUT2D eigenvalue weighted by molar-refractivity contribution is -0.133. The molecule has 0 aliphatic heterocycles. The topological polar surface area (TPSA) is 57.5 Å². The second kappa shape index (κ2) is 4.57. The van der Waals surface area contributed by atoms with Gasteiger partial charge in [-0.05, 0) is 6.92 Å². The Labute approximate surface area is 64.4 Å². The first-order valence-electron chi connectivity index (χ1n) is 3.05. The maximum atomic E-state index is 10.0. The summed E-state index contributed by atoms with van der Waals surface area (Å²) in [5.74, 6) is -0.774. The van der Waals surface area contributed by atoms with Crippen LogP contribution in [-0.2, 0) is 4.79 Å². The summed E-state index contributed by atoms with van der Waals surface area (Å²) in [6.45, 7) is 3.46. The van der Waals surface area contributed by atoms with Gasteiger partial charge in [0.05, 0.1) is 11.9 Å². The van der Waals surface area contributed by atoms with E-state index in [1.807, 2.05) is 0 Å². The van der Waals surface area contributed by atoms with Crippen LogP contribution in [0.5, 0.6) is 0 Å². The predicted molar refractivity (Wildman–Crippen MR) is 41.2 cm³/mol. The Bertz CT molecular complexity index is 114. The Morgan fingerprint density at radius 1 is 1.60 bits per heavy atom. The van der Waals surface area contributed by atoms with Gasteiger partial charge in [-0.3, -0.25) is 4.79 Å². The second-order valence-electron chi connectivity index (χ2n) is 2.15. The summed E-state index contributed by atoms with van der Waals surface area (Å²) >= 11 is 1.24. The molecule has 0 heterocycles. The van der Waals surface area contributed by atoms with E-state index in [2.05, 4.69) is 0 Å². The fourth-order valence-electron chi connectivity index (χ4n) is 0.342. The van der Waals surface area contributed by atoms with E-state index in [1.165, 1.54) is 11.8 Å². The van der Waals surface area contributed by atoms with Crippen molar-refractivity contribution in [2.75, 3.05) is 5.75 Å². The highest BCUT2D eigenvalue weighted by Gasteiger charge is 2.10. The monoisotopic (exact) mass is 164 g/mol. The maximum Gasteiger partial charge on any atom is 0.313 e. The number of carbonyl (C=O) groups is 1. The van der Waals surface area contributed by atoms with E-state index in [-0.39, 0.29) is 11.0 Å². The molecule has 60 valence electrons. The Morgan fingerprint density at radius 3 is 2.40 bits per heavy atom. The van der Waals surface area contributed by atoms with Crippen LogP contribution in [0.3, 0.4) is 0 Å². The largest absolute Gasteiger partial charge is 0.481 e. The zero-order chi connectivity index (χ0) is 8.15. The number of hydrogen-bond acceptors (Lipinski definition) is 3. The number of aliphatic carboxylic acids is 1. The van der Waals surface area contributed by atoms with Gasteiger partial charge in [0.2, 0.25) is 0 Å². The lowest BCUT2D eigenvalue weighted by atomic mass is 10.3. The van der Waals surface area contributed by atoms with Crippen molar-refractivity contribution in [1.82, 2.24) is 0 Å². The lowest BCUT2D eigenvalue weighted by Gasteiger charge is -2.11. The van der Waals surface area contributed by atoms with Crippen molar-refractivity contribution < 1.29 is 15.0 Å². The highest BCUT2D eigenvalue weighted by atomic mass is 32.2. The van der Waals surface area contributed by atoms with Crippen molar-refractivity contribution in [3.8, 4) is 0 Å². The van der Waals surface area contributed by atoms with Crippen molar-refractivity contribution in [3.05, 3.63) is 0 Å². The minimum atomic E-state index is -0.836. The minimum Gasteiger partial charge on any atom is -0.481 e. The zero-order valence-electron chi connectivity index (χ0n) is 6.07. The van der Waals surface area contributed by atoms with Gasteiger partial charge in [0.15, 0.2) is 0 Å². The number of aliphatic hydroxyl groups is 1. The van der Waals surface area contributed by atoms with Crippen molar-refractivity contribution in [2.45, 2.75) is 25.2 Å². The van der Waals surface area contributed by atoms with Gasteiger partial charge in [-0.15, -0.1) is 11.8 Å². The fraction of sp³-hybridized carbons (Fsp3) is 0.833. The maximum absolute atomic E-state index is 10.0. The number of carboxylic acids is 1. The number of rotatable bonds is 4. The molecule has 0 fully saturated rings. The Hall–Kier alpha value is -0.220. The summed E-state index contributed by atoms with van der Waals surface area (Å²) in [7, 11) is 0. The summed E-state index contributed by atoms with van der Waals surface area (Å²) in [4.78, 5) is 10.0. The third kappa shape index (κ3) is 4.64. The molecule has 0 aliphatic rings. The zero-order valence-corrected chi connectivity index (χ0v) is 6.89. The summed E-state index contributed by atoms with van der Waals surface area (Å²) < 4.78 is 0. The van der Waals surface area contributed by atoms with Gasteiger partial charge < -0.3 is 10.2 Å². The molecule has 2 unspecified atom stereocenters. The summed E-state index contributed by atoms with van der Waals surface area (Å²) in [5, 5.41) is 17.2. The standard InChI is InChI=1S/C6H12O3S/c1-4(7)5(2)10-3-6(8)9/h4-5,7H,3H2,1-2H3,(H,8,9). The van der Waals surface area contributed by atoms with E-state index in [9.17, 15) is 4.79 Å². The van der Waals surface area contributed by atoms with Crippen molar-refractivity contribution >= 4 is 17.7 Å². The van der Waals surface area contributed by atoms with E-state index in [0.717, 1.165) is 0 Å². The first-order valence-corrected chi connectivity index (χ1v) is 4.10. The van der Waals surface area contributed by atoms with Crippen molar-refractivity contribution in [2.24, 2.45) is 0 Å². The Morgan fingerprint density at radius 2 is 2.10 bits per heavy atom. The minimum absolute atomic E-state index is 0.00361. The molecule has 4 heteroatoms. The molecule has 0 aromatic rings. The quantitative estimate of drug-likeness (QED) is 0.638. The highest BCUT2D eigenvalue weighted by Crippen LogP contribution is 2.12. The van der Waals surface area contributed by atoms with Crippen LogP contribution in [0.4, 0.5) is 0 Å². The second-order valence-corrected chi connectivity index (χ2v) is 3.52. The SMILES string of the molecule is CC(O)C(C)SCC(=O)O. The van der Waals surface area contributed by atoms with Crippen LogP contribution in [0.2, 0.25) is 0 Å². The average Bonchev–Trinajstić information content (AvgIpc) is 1.82. The van der Waals surface area contributed by atoms with Gasteiger partial charge in [-0.25, -0.2) is 0 Å². The number of thioether (sulfide) groups is 1. The molecule has 10 heavy (non-hydrogen) atoms. The van der Waals surface area contributed by atoms with Gasteiger partial charge in [-0.1, -0.05) is 6.92 Å². The number of carboxylic acid groups (broad SMARTS) is 1. The summed E-state index contributed by atoms with van der Waals surface area (Å²) in [6.07, 6.45) is -0.440. The van der Waals surface area contributed by atoms with E-state index < -0.39 is 12.1 Å². The molecule has 0 amide bonds. The van der Waals surface area contributed by atoms with Crippen molar-refractivity contribution in [1.29, 1.82) is 0 Å². The first-order chi connectivity index (χ1) is 4.54. The normalized spacial score (nSPS) is 16.3. The smallest absolute Gasteiger partial charge is 0.313 e. The third-order valence-electron chi connectivity index (χ3n) is 1.15. The Balaban J connectivity index is 3.39. The van der Waals surface area contributed by atoms with Gasteiger partial charge in [0.1, 0.15) is 0 Å². The fourth-order valence-corrected chi connectivity index (χ4v) is 1.03. The van der Waals surface area contributed by atoms with Crippen LogP contribution in [0.1, 0.15) is 13.8 Å². The molecule has 0 aromatic heterocycles. The third-order valence-corrected chi connectivity index (χ3v) is 2.48.